The third-order valence-electron chi connectivity index (χ3n) is 1.62. The minimum absolute atomic E-state index is 0.679. The molecule has 0 aliphatic heterocycles. The van der Waals surface area contributed by atoms with Crippen molar-refractivity contribution in [1.29, 1.82) is 0 Å². The molecule has 0 aliphatic rings. The first kappa shape index (κ1) is 9.64. The summed E-state index contributed by atoms with van der Waals surface area (Å²) in [5.74, 6) is 0.876. The molecule has 1 rings (SSSR count). The molecule has 0 bridgehead atoms. The molecule has 0 saturated heterocycles. The van der Waals surface area contributed by atoms with Gasteiger partial charge in [0, 0.05) is 11.8 Å². The lowest BCUT2D eigenvalue weighted by molar-refractivity contribution is 0.338. The number of benzene rings is 1. The van der Waals surface area contributed by atoms with E-state index in [2.05, 4.69) is 22.6 Å². The molecule has 66 valence electrons. The molecule has 1 aromatic rings. The van der Waals surface area contributed by atoms with Crippen LogP contribution in [0, 0.1) is 10.5 Å². The summed E-state index contributed by atoms with van der Waals surface area (Å²) in [6, 6.07) is 3.90. The summed E-state index contributed by atoms with van der Waals surface area (Å²) in [6.45, 7) is 4.64. The quantitative estimate of drug-likeness (QED) is 0.666. The van der Waals surface area contributed by atoms with Crippen molar-refractivity contribution < 1.29 is 4.74 Å². The Labute approximate surface area is 86.2 Å². The number of hydrogen-bond acceptors (Lipinski definition) is 2. The summed E-state index contributed by atoms with van der Waals surface area (Å²) in [7, 11) is 0. The molecule has 0 aromatic heterocycles. The first-order valence-electron chi connectivity index (χ1n) is 3.83. The molecule has 0 unspecified atom stereocenters. The van der Waals surface area contributed by atoms with Crippen LogP contribution in [0.2, 0.25) is 0 Å². The SMILES string of the molecule is CCOc1cc(N)c(C)cc1I. The zero-order valence-electron chi connectivity index (χ0n) is 7.23. The van der Waals surface area contributed by atoms with E-state index in [0.29, 0.717) is 6.61 Å². The highest BCUT2D eigenvalue weighted by molar-refractivity contribution is 14.1. The number of nitrogen functional groups attached to an aromatic ring is 1. The molecular weight excluding hydrogens is 265 g/mol. The molecule has 0 radical (unpaired) electrons. The molecule has 0 saturated carbocycles. The van der Waals surface area contributed by atoms with Crippen LogP contribution in [-0.2, 0) is 0 Å². The molecule has 0 aliphatic carbocycles. The van der Waals surface area contributed by atoms with Crippen LogP contribution in [0.15, 0.2) is 12.1 Å². The van der Waals surface area contributed by atoms with Gasteiger partial charge in [-0.25, -0.2) is 0 Å². The molecule has 0 fully saturated rings. The van der Waals surface area contributed by atoms with E-state index >= 15 is 0 Å². The second-order valence-electron chi connectivity index (χ2n) is 2.57. The summed E-state index contributed by atoms with van der Waals surface area (Å²) < 4.78 is 6.50. The van der Waals surface area contributed by atoms with Crippen LogP contribution in [0.5, 0.6) is 5.75 Å². The largest absolute Gasteiger partial charge is 0.493 e. The lowest BCUT2D eigenvalue weighted by Crippen LogP contribution is -1.97. The monoisotopic (exact) mass is 277 g/mol. The highest BCUT2D eigenvalue weighted by Crippen LogP contribution is 2.26. The second kappa shape index (κ2) is 3.98. The van der Waals surface area contributed by atoms with Crippen LogP contribution in [-0.4, -0.2) is 6.61 Å². The van der Waals surface area contributed by atoms with Crippen LogP contribution in [0.3, 0.4) is 0 Å². The molecule has 0 amide bonds. The predicted molar refractivity (Wildman–Crippen MR) is 59.5 cm³/mol. The van der Waals surface area contributed by atoms with Gasteiger partial charge >= 0.3 is 0 Å². The standard InChI is InChI=1S/C9H12INO/c1-3-12-9-5-8(11)6(2)4-7(9)10/h4-5H,3,11H2,1-2H3. The minimum atomic E-state index is 0.679. The minimum Gasteiger partial charge on any atom is -0.493 e. The maximum Gasteiger partial charge on any atom is 0.134 e. The zero-order chi connectivity index (χ0) is 9.14. The number of nitrogens with two attached hydrogens (primary N) is 1. The first-order chi connectivity index (χ1) is 5.65. The highest BCUT2D eigenvalue weighted by Gasteiger charge is 2.02. The van der Waals surface area contributed by atoms with Crippen molar-refractivity contribution in [2.45, 2.75) is 13.8 Å². The van der Waals surface area contributed by atoms with Crippen molar-refractivity contribution in [3.05, 3.63) is 21.3 Å². The van der Waals surface area contributed by atoms with Crippen molar-refractivity contribution >= 4 is 28.3 Å². The Morgan fingerprint density at radius 3 is 2.75 bits per heavy atom. The summed E-state index contributed by atoms with van der Waals surface area (Å²) in [4.78, 5) is 0. The second-order valence-corrected chi connectivity index (χ2v) is 3.73. The van der Waals surface area contributed by atoms with Crippen LogP contribution in [0.4, 0.5) is 5.69 Å². The summed E-state index contributed by atoms with van der Waals surface area (Å²) in [5, 5.41) is 0. The fraction of sp³-hybridized carbons (Fsp3) is 0.333. The Balaban J connectivity index is 3.05. The fourth-order valence-corrected chi connectivity index (χ4v) is 1.71. The molecule has 0 spiro atoms. The van der Waals surface area contributed by atoms with Crippen LogP contribution < -0.4 is 10.5 Å². The van der Waals surface area contributed by atoms with Crippen molar-refractivity contribution in [1.82, 2.24) is 0 Å². The topological polar surface area (TPSA) is 35.2 Å². The van der Waals surface area contributed by atoms with E-state index < -0.39 is 0 Å². The van der Waals surface area contributed by atoms with Crippen LogP contribution in [0.1, 0.15) is 12.5 Å². The average molecular weight is 277 g/mol. The van der Waals surface area contributed by atoms with E-state index in [1.54, 1.807) is 0 Å². The van der Waals surface area contributed by atoms with Gasteiger partial charge in [-0.2, -0.15) is 0 Å². The predicted octanol–water partition coefficient (Wildman–Crippen LogP) is 2.58. The van der Waals surface area contributed by atoms with Gasteiger partial charge in [0.05, 0.1) is 10.2 Å². The molecule has 3 heteroatoms. The summed E-state index contributed by atoms with van der Waals surface area (Å²) in [5.41, 5.74) is 7.63. The molecule has 2 N–H and O–H groups in total. The third kappa shape index (κ3) is 2.03. The molecule has 12 heavy (non-hydrogen) atoms. The number of ether oxygens (including phenoxy) is 1. The van der Waals surface area contributed by atoms with E-state index in [1.807, 2.05) is 26.0 Å². The first-order valence-corrected chi connectivity index (χ1v) is 4.91. The van der Waals surface area contributed by atoms with Gasteiger partial charge in [0.15, 0.2) is 0 Å². The molecule has 2 nitrogen and oxygen atoms in total. The van der Waals surface area contributed by atoms with Gasteiger partial charge in [-0.15, -0.1) is 0 Å². The van der Waals surface area contributed by atoms with Gasteiger partial charge in [0.1, 0.15) is 5.75 Å². The zero-order valence-corrected chi connectivity index (χ0v) is 9.38. The van der Waals surface area contributed by atoms with Crippen molar-refractivity contribution in [3.8, 4) is 5.75 Å². The van der Waals surface area contributed by atoms with Crippen molar-refractivity contribution in [2.75, 3.05) is 12.3 Å². The fourth-order valence-electron chi connectivity index (χ4n) is 0.935. The van der Waals surface area contributed by atoms with Crippen LogP contribution in [0.25, 0.3) is 0 Å². The maximum absolute atomic E-state index is 5.74. The van der Waals surface area contributed by atoms with E-state index in [-0.39, 0.29) is 0 Å². The van der Waals surface area contributed by atoms with Crippen LogP contribution >= 0.6 is 22.6 Å². The van der Waals surface area contributed by atoms with Gasteiger partial charge in [0.25, 0.3) is 0 Å². The Morgan fingerprint density at radius 1 is 1.50 bits per heavy atom. The van der Waals surface area contributed by atoms with Gasteiger partial charge in [-0.1, -0.05) is 0 Å². The highest BCUT2D eigenvalue weighted by atomic mass is 127. The Morgan fingerprint density at radius 2 is 2.17 bits per heavy atom. The van der Waals surface area contributed by atoms with Crippen molar-refractivity contribution in [3.63, 3.8) is 0 Å². The smallest absolute Gasteiger partial charge is 0.134 e. The molecular formula is C9H12INO. The van der Waals surface area contributed by atoms with Crippen molar-refractivity contribution in [2.24, 2.45) is 0 Å². The summed E-state index contributed by atoms with van der Waals surface area (Å²) in [6.07, 6.45) is 0. The molecule has 0 heterocycles. The molecule has 1 aromatic carbocycles. The maximum atomic E-state index is 5.74. The number of aryl methyl sites for hydroxylation is 1. The third-order valence-corrected chi connectivity index (χ3v) is 2.46. The summed E-state index contributed by atoms with van der Waals surface area (Å²) >= 11 is 2.25. The van der Waals surface area contributed by atoms with Gasteiger partial charge < -0.3 is 10.5 Å². The van der Waals surface area contributed by atoms with E-state index in [4.69, 9.17) is 10.5 Å². The number of rotatable bonds is 2. The van der Waals surface area contributed by atoms with Gasteiger partial charge in [0.2, 0.25) is 0 Å². The Kier molecular flexibility index (Phi) is 3.20. The lowest BCUT2D eigenvalue weighted by Gasteiger charge is -2.08. The van der Waals surface area contributed by atoms with E-state index in [9.17, 15) is 0 Å². The number of anilines is 1. The normalized spacial score (nSPS) is 9.92. The number of hydrogen-bond donors (Lipinski definition) is 1. The van der Waals surface area contributed by atoms with Gasteiger partial charge in [-0.05, 0) is 48.1 Å². The Bertz CT molecular complexity index is 286. The Hall–Kier alpha value is -0.450. The van der Waals surface area contributed by atoms with E-state index in [0.717, 1.165) is 20.6 Å². The molecule has 0 atom stereocenters. The van der Waals surface area contributed by atoms with Gasteiger partial charge in [-0.3, -0.25) is 0 Å². The van der Waals surface area contributed by atoms with E-state index in [1.165, 1.54) is 0 Å². The average Bonchev–Trinajstić information content (AvgIpc) is 2.01. The lowest BCUT2D eigenvalue weighted by atomic mass is 10.2. The number of halogens is 1.